The smallest absolute Gasteiger partial charge is 0.233 e. The minimum atomic E-state index is -0.0867. The van der Waals surface area contributed by atoms with E-state index < -0.39 is 0 Å². The zero-order chi connectivity index (χ0) is 21.1. The number of nitrogens with one attached hydrogen (secondary N) is 2. The van der Waals surface area contributed by atoms with E-state index in [2.05, 4.69) is 41.5 Å². The number of likely N-dealkylation sites (N-methyl/N-ethyl adjacent to an activating group) is 1. The fourth-order valence-electron chi connectivity index (χ4n) is 5.85. The number of imide groups is 1. The number of aliphatic imine (C=N–C) groups is 1. The van der Waals surface area contributed by atoms with E-state index in [0.717, 1.165) is 38.4 Å². The first-order valence-corrected chi connectivity index (χ1v) is 11.9. The largest absolute Gasteiger partial charge is 0.357 e. The molecule has 2 aliphatic carbocycles. The number of nitrogens with zero attached hydrogens (tertiary/aromatic N) is 3. The van der Waals surface area contributed by atoms with Gasteiger partial charge in [-0.3, -0.25) is 24.4 Å². The number of carbonyl (C=O) groups is 2. The molecule has 0 aromatic carbocycles. The summed E-state index contributed by atoms with van der Waals surface area (Å²) in [5, 5.41) is 6.70. The van der Waals surface area contributed by atoms with E-state index in [-0.39, 0.29) is 59.5 Å². The van der Waals surface area contributed by atoms with Crippen molar-refractivity contribution in [2.45, 2.75) is 52.0 Å². The summed E-state index contributed by atoms with van der Waals surface area (Å²) in [6.07, 6.45) is 9.82. The van der Waals surface area contributed by atoms with E-state index in [9.17, 15) is 9.59 Å². The van der Waals surface area contributed by atoms with Gasteiger partial charge in [0.25, 0.3) is 0 Å². The average Bonchev–Trinajstić information content (AvgIpc) is 3.44. The second kappa shape index (κ2) is 11.1. The van der Waals surface area contributed by atoms with Crippen molar-refractivity contribution >= 4 is 41.8 Å². The molecule has 2 aliphatic heterocycles. The molecule has 0 aromatic heterocycles. The van der Waals surface area contributed by atoms with Gasteiger partial charge in [-0.2, -0.15) is 0 Å². The van der Waals surface area contributed by atoms with E-state index in [1.807, 2.05) is 0 Å². The monoisotopic (exact) mass is 543 g/mol. The molecule has 31 heavy (non-hydrogen) atoms. The summed E-state index contributed by atoms with van der Waals surface area (Å²) >= 11 is 0. The van der Waals surface area contributed by atoms with Gasteiger partial charge in [0.05, 0.1) is 18.4 Å². The number of hydrogen-bond donors (Lipinski definition) is 2. The van der Waals surface area contributed by atoms with E-state index in [1.54, 1.807) is 0 Å². The zero-order valence-corrected chi connectivity index (χ0v) is 21.2. The van der Waals surface area contributed by atoms with Gasteiger partial charge in [-0.05, 0) is 57.5 Å². The number of hydrogen-bond acceptors (Lipinski definition) is 4. The predicted molar refractivity (Wildman–Crippen MR) is 133 cm³/mol. The highest BCUT2D eigenvalue weighted by atomic mass is 127. The molecule has 4 rings (SSSR count). The molecule has 2 amide bonds. The zero-order valence-electron chi connectivity index (χ0n) is 18.9. The maximum absolute atomic E-state index is 12.8. The van der Waals surface area contributed by atoms with Crippen molar-refractivity contribution in [1.29, 1.82) is 0 Å². The van der Waals surface area contributed by atoms with Crippen molar-refractivity contribution in [3.05, 3.63) is 12.2 Å². The predicted octanol–water partition coefficient (Wildman–Crippen LogP) is 2.23. The second-order valence-corrected chi connectivity index (χ2v) is 9.11. The normalized spacial score (nSPS) is 32.4. The number of carbonyl (C=O) groups excluding carboxylic acids is 2. The molecule has 2 bridgehead atoms. The highest BCUT2D eigenvalue weighted by Gasteiger charge is 2.58. The highest BCUT2D eigenvalue weighted by Crippen LogP contribution is 2.52. The summed E-state index contributed by atoms with van der Waals surface area (Å²) in [4.78, 5) is 34.4. The van der Waals surface area contributed by atoms with Gasteiger partial charge >= 0.3 is 0 Å². The molecule has 3 fully saturated rings. The maximum Gasteiger partial charge on any atom is 0.233 e. The summed E-state index contributed by atoms with van der Waals surface area (Å²) < 4.78 is 0. The standard InChI is InChI=1S/C23H37N5O2.HI/c1-3-24-23(26-15-18-8-5-6-12-27(18)4-2)25-11-7-13-28-21(29)19-16-9-10-17(14-16)20(19)22(28)30;/h9-10,16-20H,3-8,11-15H2,1-2H3,(H2,24,25,26);1H. The molecule has 5 unspecified atom stereocenters. The van der Waals surface area contributed by atoms with E-state index in [1.165, 1.54) is 30.7 Å². The first-order valence-electron chi connectivity index (χ1n) is 11.9. The number of likely N-dealkylation sites (tertiary alicyclic amines) is 2. The Kier molecular flexibility index (Phi) is 8.78. The van der Waals surface area contributed by atoms with Crippen LogP contribution in [0.1, 0.15) is 46.0 Å². The van der Waals surface area contributed by atoms with Crippen molar-refractivity contribution in [3.8, 4) is 0 Å². The number of guanidine groups is 1. The first-order chi connectivity index (χ1) is 14.6. The SMILES string of the molecule is CCNC(=NCC1CCCCN1CC)NCCCN1C(=O)C2C3C=CC(C3)C2C1=O.I. The van der Waals surface area contributed by atoms with Gasteiger partial charge in [-0.15, -0.1) is 24.0 Å². The van der Waals surface area contributed by atoms with E-state index in [0.29, 0.717) is 19.1 Å². The molecule has 5 atom stereocenters. The third-order valence-corrected chi connectivity index (χ3v) is 7.37. The summed E-state index contributed by atoms with van der Waals surface area (Å²) in [6.45, 7) is 9.38. The summed E-state index contributed by atoms with van der Waals surface area (Å²) in [5.41, 5.74) is 0. The molecular weight excluding hydrogens is 505 g/mol. The van der Waals surface area contributed by atoms with Crippen molar-refractivity contribution < 1.29 is 9.59 Å². The molecule has 8 heteroatoms. The Morgan fingerprint density at radius 1 is 1.10 bits per heavy atom. The molecule has 0 aromatic rings. The van der Waals surface area contributed by atoms with Crippen molar-refractivity contribution in [3.63, 3.8) is 0 Å². The van der Waals surface area contributed by atoms with Crippen LogP contribution in [0.2, 0.25) is 0 Å². The molecule has 0 spiro atoms. The Labute approximate surface area is 203 Å². The average molecular weight is 543 g/mol. The van der Waals surface area contributed by atoms with Crippen molar-refractivity contribution in [2.24, 2.45) is 28.7 Å². The first kappa shape index (κ1) is 24.5. The number of rotatable bonds is 8. The van der Waals surface area contributed by atoms with Crippen LogP contribution in [0.5, 0.6) is 0 Å². The van der Waals surface area contributed by atoms with Crippen LogP contribution < -0.4 is 10.6 Å². The van der Waals surface area contributed by atoms with Crippen LogP contribution in [0.25, 0.3) is 0 Å². The van der Waals surface area contributed by atoms with Gasteiger partial charge < -0.3 is 10.6 Å². The Balaban J connectivity index is 0.00000272. The quantitative estimate of drug-likeness (QED) is 0.123. The fraction of sp³-hybridized carbons (Fsp3) is 0.783. The molecule has 2 heterocycles. The Morgan fingerprint density at radius 2 is 1.81 bits per heavy atom. The van der Waals surface area contributed by atoms with Gasteiger partial charge in [0.15, 0.2) is 5.96 Å². The summed E-state index contributed by atoms with van der Waals surface area (Å²) in [6, 6.07) is 0.530. The Morgan fingerprint density at radius 3 is 2.45 bits per heavy atom. The maximum atomic E-state index is 12.8. The molecule has 4 aliphatic rings. The Bertz CT molecular complexity index is 682. The Hall–Kier alpha value is -1.16. The van der Waals surface area contributed by atoms with Gasteiger partial charge in [-0.1, -0.05) is 25.5 Å². The summed E-state index contributed by atoms with van der Waals surface area (Å²) in [5.74, 6) is 1.34. The van der Waals surface area contributed by atoms with Crippen molar-refractivity contribution in [2.75, 3.05) is 39.3 Å². The lowest BCUT2D eigenvalue weighted by atomic mass is 9.85. The van der Waals surface area contributed by atoms with Crippen LogP contribution in [0.3, 0.4) is 0 Å². The van der Waals surface area contributed by atoms with Crippen LogP contribution >= 0.6 is 24.0 Å². The topological polar surface area (TPSA) is 77.0 Å². The number of piperidine rings is 1. The minimum absolute atomic E-state index is 0. The lowest BCUT2D eigenvalue weighted by molar-refractivity contribution is -0.140. The fourth-order valence-corrected chi connectivity index (χ4v) is 5.85. The number of allylic oxidation sites excluding steroid dienone is 2. The van der Waals surface area contributed by atoms with E-state index in [4.69, 9.17) is 4.99 Å². The van der Waals surface area contributed by atoms with Crippen LogP contribution in [0.4, 0.5) is 0 Å². The minimum Gasteiger partial charge on any atom is -0.357 e. The van der Waals surface area contributed by atoms with E-state index >= 15 is 0 Å². The third-order valence-electron chi connectivity index (χ3n) is 7.37. The molecule has 2 N–H and O–H groups in total. The number of amides is 2. The van der Waals surface area contributed by atoms with Crippen LogP contribution in [0.15, 0.2) is 17.1 Å². The second-order valence-electron chi connectivity index (χ2n) is 9.11. The van der Waals surface area contributed by atoms with Crippen LogP contribution in [0, 0.1) is 23.7 Å². The van der Waals surface area contributed by atoms with Crippen LogP contribution in [-0.4, -0.2) is 72.9 Å². The highest BCUT2D eigenvalue weighted by molar-refractivity contribution is 14.0. The lowest BCUT2D eigenvalue weighted by Crippen LogP contribution is -2.43. The third kappa shape index (κ3) is 5.10. The molecular formula is C23H38IN5O2. The summed E-state index contributed by atoms with van der Waals surface area (Å²) in [7, 11) is 0. The van der Waals surface area contributed by atoms with Gasteiger partial charge in [0.2, 0.25) is 11.8 Å². The molecule has 2 saturated heterocycles. The molecule has 0 radical (unpaired) electrons. The molecule has 1 saturated carbocycles. The van der Waals surface area contributed by atoms with Gasteiger partial charge in [-0.25, -0.2) is 0 Å². The number of halogens is 1. The number of fused-ring (bicyclic) bond motifs is 5. The van der Waals surface area contributed by atoms with Gasteiger partial charge in [0, 0.05) is 25.7 Å². The molecule has 7 nitrogen and oxygen atoms in total. The van der Waals surface area contributed by atoms with Gasteiger partial charge in [0.1, 0.15) is 0 Å². The lowest BCUT2D eigenvalue weighted by Gasteiger charge is -2.34. The molecule has 174 valence electrons. The van der Waals surface area contributed by atoms with Crippen molar-refractivity contribution in [1.82, 2.24) is 20.4 Å². The van der Waals surface area contributed by atoms with Crippen LogP contribution in [-0.2, 0) is 9.59 Å².